The Labute approximate surface area is 257 Å². The van der Waals surface area contributed by atoms with Crippen LogP contribution in [0.3, 0.4) is 0 Å². The average molecular weight is 605 g/mol. The summed E-state index contributed by atoms with van der Waals surface area (Å²) in [4.78, 5) is 58.4. The molecule has 2 amide bonds. The van der Waals surface area contributed by atoms with Crippen molar-refractivity contribution in [2.24, 2.45) is 0 Å². The number of amides is 2. The minimum atomic E-state index is -1.06. The number of aryl methyl sites for hydroxylation is 1. The van der Waals surface area contributed by atoms with Gasteiger partial charge in [-0.25, -0.2) is 14.7 Å². The predicted molar refractivity (Wildman–Crippen MR) is 167 cm³/mol. The van der Waals surface area contributed by atoms with Gasteiger partial charge < -0.3 is 9.47 Å². The standard InChI is InChI=1S/C35H25ClN2O6/c1-19-29(36)17-16-25-28(35(42)44-20(2)32(39)22-10-14-24(43-3)15-11-22)18-30(37-31(19)25)21-8-12-23(13-9-21)38-33(40)26-6-4-5-7-27(26)34(38)41/h4-18,20H,1-3H3. The van der Waals surface area contributed by atoms with Gasteiger partial charge in [0.15, 0.2) is 6.10 Å². The number of fused-ring (bicyclic) bond motifs is 2. The number of aromatic nitrogens is 1. The topological polar surface area (TPSA) is 103 Å². The Bertz CT molecular complexity index is 1950. The molecule has 1 aliphatic heterocycles. The lowest BCUT2D eigenvalue weighted by atomic mass is 10.0. The normalized spacial score (nSPS) is 13.1. The van der Waals surface area contributed by atoms with E-state index in [9.17, 15) is 19.2 Å². The second-order valence-corrected chi connectivity index (χ2v) is 10.7. The summed E-state index contributed by atoms with van der Waals surface area (Å²) in [7, 11) is 1.53. The first-order chi connectivity index (χ1) is 21.2. The molecule has 0 spiro atoms. The lowest BCUT2D eigenvalue weighted by molar-refractivity contribution is 0.0320. The van der Waals surface area contributed by atoms with Gasteiger partial charge in [-0.15, -0.1) is 0 Å². The third kappa shape index (κ3) is 4.99. The molecule has 9 heteroatoms. The van der Waals surface area contributed by atoms with Gasteiger partial charge in [-0.1, -0.05) is 41.9 Å². The van der Waals surface area contributed by atoms with Crippen LogP contribution in [0, 0.1) is 6.92 Å². The molecule has 0 N–H and O–H groups in total. The number of imide groups is 1. The molecule has 0 saturated heterocycles. The van der Waals surface area contributed by atoms with Gasteiger partial charge in [0.25, 0.3) is 11.8 Å². The molecule has 2 heterocycles. The number of pyridine rings is 1. The maximum atomic E-state index is 13.6. The average Bonchev–Trinajstić information content (AvgIpc) is 3.31. The van der Waals surface area contributed by atoms with E-state index in [-0.39, 0.29) is 11.3 Å². The molecule has 1 aromatic heterocycles. The van der Waals surface area contributed by atoms with Crippen LogP contribution in [0.25, 0.3) is 22.2 Å². The van der Waals surface area contributed by atoms with Gasteiger partial charge in [0, 0.05) is 21.5 Å². The molecule has 218 valence electrons. The third-order valence-electron chi connectivity index (χ3n) is 7.63. The van der Waals surface area contributed by atoms with E-state index in [1.54, 1.807) is 97.9 Å². The van der Waals surface area contributed by atoms with Gasteiger partial charge in [0.1, 0.15) is 5.75 Å². The first-order valence-electron chi connectivity index (χ1n) is 13.7. The predicted octanol–water partition coefficient (Wildman–Crippen LogP) is 7.10. The van der Waals surface area contributed by atoms with Crippen LogP contribution in [0.5, 0.6) is 5.75 Å². The number of ether oxygens (including phenoxy) is 2. The number of carbonyl (C=O) groups excluding carboxylic acids is 4. The zero-order valence-corrected chi connectivity index (χ0v) is 24.7. The van der Waals surface area contributed by atoms with Crippen LogP contribution in [-0.2, 0) is 4.74 Å². The van der Waals surface area contributed by atoms with E-state index in [2.05, 4.69) is 0 Å². The summed E-state index contributed by atoms with van der Waals surface area (Å²) in [6.07, 6.45) is -1.06. The van der Waals surface area contributed by atoms with Crippen LogP contribution in [0.1, 0.15) is 53.9 Å². The Balaban J connectivity index is 1.33. The number of benzene rings is 4. The molecule has 0 aliphatic carbocycles. The van der Waals surface area contributed by atoms with E-state index < -0.39 is 23.9 Å². The number of rotatable bonds is 7. The van der Waals surface area contributed by atoms with Crippen LogP contribution < -0.4 is 9.64 Å². The van der Waals surface area contributed by atoms with E-state index in [0.29, 0.717) is 60.9 Å². The molecule has 1 atom stereocenters. The number of halogens is 1. The first-order valence-corrected chi connectivity index (χ1v) is 14.1. The number of anilines is 1. The zero-order valence-electron chi connectivity index (χ0n) is 24.0. The molecular formula is C35H25ClN2O6. The summed E-state index contributed by atoms with van der Waals surface area (Å²) in [5.41, 5.74) is 3.95. The maximum absolute atomic E-state index is 13.6. The van der Waals surface area contributed by atoms with E-state index in [4.69, 9.17) is 26.1 Å². The number of esters is 1. The van der Waals surface area contributed by atoms with Crippen molar-refractivity contribution in [1.82, 2.24) is 4.98 Å². The minimum Gasteiger partial charge on any atom is -0.497 e. The fourth-order valence-corrected chi connectivity index (χ4v) is 5.35. The van der Waals surface area contributed by atoms with Crippen LogP contribution in [-0.4, -0.2) is 41.8 Å². The molecule has 44 heavy (non-hydrogen) atoms. The highest BCUT2D eigenvalue weighted by atomic mass is 35.5. The summed E-state index contributed by atoms with van der Waals surface area (Å²) in [5.74, 6) is -1.24. The molecular weight excluding hydrogens is 580 g/mol. The molecule has 0 fully saturated rings. The number of carbonyl (C=O) groups is 4. The molecule has 5 aromatic rings. The summed E-state index contributed by atoms with van der Waals surface area (Å²) < 4.78 is 10.8. The number of methoxy groups -OCH3 is 1. The number of hydrogen-bond donors (Lipinski definition) is 0. The van der Waals surface area contributed by atoms with Gasteiger partial charge in [-0.05, 0) is 80.1 Å². The van der Waals surface area contributed by atoms with Crippen LogP contribution in [0.2, 0.25) is 5.02 Å². The van der Waals surface area contributed by atoms with E-state index in [1.807, 2.05) is 0 Å². The Morgan fingerprint density at radius 2 is 1.50 bits per heavy atom. The van der Waals surface area contributed by atoms with Crippen LogP contribution in [0.15, 0.2) is 91.0 Å². The largest absolute Gasteiger partial charge is 0.497 e. The first kappa shape index (κ1) is 28.8. The second-order valence-electron chi connectivity index (χ2n) is 10.3. The summed E-state index contributed by atoms with van der Waals surface area (Å²) in [6.45, 7) is 3.33. The maximum Gasteiger partial charge on any atom is 0.339 e. The fraction of sp³-hybridized carbons (Fsp3) is 0.114. The molecule has 4 aromatic carbocycles. The molecule has 6 rings (SSSR count). The van der Waals surface area contributed by atoms with Gasteiger partial charge in [0.2, 0.25) is 5.78 Å². The zero-order chi connectivity index (χ0) is 31.1. The van der Waals surface area contributed by atoms with Crippen molar-refractivity contribution in [2.75, 3.05) is 12.0 Å². The highest BCUT2D eigenvalue weighted by molar-refractivity contribution is 6.34. The van der Waals surface area contributed by atoms with Crippen molar-refractivity contribution in [3.05, 3.63) is 124 Å². The van der Waals surface area contributed by atoms with Crippen molar-refractivity contribution >= 4 is 51.8 Å². The van der Waals surface area contributed by atoms with Gasteiger partial charge >= 0.3 is 5.97 Å². The van der Waals surface area contributed by atoms with E-state index >= 15 is 0 Å². The lowest BCUT2D eigenvalue weighted by Crippen LogP contribution is -2.29. The fourth-order valence-electron chi connectivity index (χ4n) is 5.19. The lowest BCUT2D eigenvalue weighted by Gasteiger charge is -2.16. The molecule has 1 aliphatic rings. The van der Waals surface area contributed by atoms with E-state index in [0.717, 1.165) is 4.90 Å². The minimum absolute atomic E-state index is 0.212. The van der Waals surface area contributed by atoms with E-state index in [1.165, 1.54) is 14.0 Å². The second kappa shape index (κ2) is 11.4. The van der Waals surface area contributed by atoms with Crippen molar-refractivity contribution in [1.29, 1.82) is 0 Å². The number of hydrogen-bond acceptors (Lipinski definition) is 7. The summed E-state index contributed by atoms with van der Waals surface area (Å²) in [6, 6.07) is 25.0. The molecule has 0 saturated carbocycles. The van der Waals surface area contributed by atoms with Gasteiger partial charge in [-0.2, -0.15) is 0 Å². The Hall–Kier alpha value is -5.34. The number of ketones is 1. The summed E-state index contributed by atoms with van der Waals surface area (Å²) >= 11 is 6.41. The molecule has 8 nitrogen and oxygen atoms in total. The molecule has 0 radical (unpaired) electrons. The highest BCUT2D eigenvalue weighted by Crippen LogP contribution is 2.33. The number of nitrogens with zero attached hydrogens (tertiary/aromatic N) is 2. The van der Waals surface area contributed by atoms with Crippen LogP contribution >= 0.6 is 11.6 Å². The highest BCUT2D eigenvalue weighted by Gasteiger charge is 2.36. The Kier molecular flexibility index (Phi) is 7.45. The van der Waals surface area contributed by atoms with Crippen molar-refractivity contribution < 1.29 is 28.7 Å². The van der Waals surface area contributed by atoms with Crippen molar-refractivity contribution in [3.63, 3.8) is 0 Å². The smallest absolute Gasteiger partial charge is 0.339 e. The molecule has 0 bridgehead atoms. The Morgan fingerprint density at radius 1 is 0.864 bits per heavy atom. The third-order valence-corrected chi connectivity index (χ3v) is 8.04. The quantitative estimate of drug-likeness (QED) is 0.111. The Morgan fingerprint density at radius 3 is 2.11 bits per heavy atom. The van der Waals surface area contributed by atoms with Crippen molar-refractivity contribution in [2.45, 2.75) is 20.0 Å². The SMILES string of the molecule is COc1ccc(C(=O)C(C)OC(=O)c2cc(-c3ccc(N4C(=O)c5ccccc5C4=O)cc3)nc3c(C)c(Cl)ccc23)cc1. The van der Waals surface area contributed by atoms with Gasteiger partial charge in [0.05, 0.1) is 40.7 Å². The molecule has 1 unspecified atom stereocenters. The summed E-state index contributed by atoms with van der Waals surface area (Å²) in [5, 5.41) is 0.998. The van der Waals surface area contributed by atoms with Gasteiger partial charge in [-0.3, -0.25) is 14.4 Å². The van der Waals surface area contributed by atoms with Crippen LogP contribution in [0.4, 0.5) is 5.69 Å². The number of Topliss-reactive ketones (excluding diaryl/α,β-unsaturated/α-hetero) is 1. The monoisotopic (exact) mass is 604 g/mol. The van der Waals surface area contributed by atoms with Crippen molar-refractivity contribution in [3.8, 4) is 17.0 Å².